The van der Waals surface area contributed by atoms with Crippen LogP contribution >= 0.6 is 0 Å². The fourth-order valence-electron chi connectivity index (χ4n) is 2.26. The van der Waals surface area contributed by atoms with Crippen LogP contribution < -0.4 is 10.1 Å². The zero-order valence-corrected chi connectivity index (χ0v) is 10.6. The van der Waals surface area contributed by atoms with Gasteiger partial charge in [-0.25, -0.2) is 4.79 Å². The van der Waals surface area contributed by atoms with Gasteiger partial charge in [-0.3, -0.25) is 0 Å². The lowest BCUT2D eigenvalue weighted by molar-refractivity contribution is 0.0692. The summed E-state index contributed by atoms with van der Waals surface area (Å²) in [6, 6.07) is 7.33. The van der Waals surface area contributed by atoms with Crippen molar-refractivity contribution in [3.8, 4) is 5.75 Å². The lowest BCUT2D eigenvalue weighted by Gasteiger charge is -2.33. The zero-order valence-electron chi connectivity index (χ0n) is 10.6. The third-order valence-electron chi connectivity index (χ3n) is 3.28. The maximum Gasteiger partial charge on any atom is 0.339 e. The van der Waals surface area contributed by atoms with Gasteiger partial charge in [-0.15, -0.1) is 0 Å². The molecule has 1 aromatic carbocycles. The molecule has 98 valence electrons. The summed E-state index contributed by atoms with van der Waals surface area (Å²) in [5, 5.41) is 12.4. The van der Waals surface area contributed by atoms with Crippen LogP contribution in [0.5, 0.6) is 5.75 Å². The van der Waals surface area contributed by atoms with E-state index in [1.165, 1.54) is 12.8 Å². The normalized spacial score (nSPS) is 22.3. The molecule has 0 heterocycles. The Hall–Kier alpha value is -1.55. The second-order valence-electron chi connectivity index (χ2n) is 4.88. The van der Waals surface area contributed by atoms with Crippen LogP contribution in [-0.2, 0) is 0 Å². The molecule has 0 amide bonds. The largest absolute Gasteiger partial charge is 0.491 e. The fraction of sp³-hybridized carbons (Fsp3) is 0.500. The van der Waals surface area contributed by atoms with Gasteiger partial charge < -0.3 is 15.2 Å². The molecular weight excluding hydrogens is 230 g/mol. The minimum absolute atomic E-state index is 0.217. The van der Waals surface area contributed by atoms with Crippen LogP contribution in [0.25, 0.3) is 0 Å². The number of ether oxygens (including phenoxy) is 1. The summed E-state index contributed by atoms with van der Waals surface area (Å²) in [5.74, 6) is 0.316. The van der Waals surface area contributed by atoms with E-state index in [4.69, 9.17) is 9.84 Å². The van der Waals surface area contributed by atoms with Crippen molar-refractivity contribution in [2.24, 2.45) is 5.92 Å². The molecule has 0 atom stereocenters. The first-order valence-corrected chi connectivity index (χ1v) is 6.35. The second-order valence-corrected chi connectivity index (χ2v) is 4.88. The Morgan fingerprint density at radius 2 is 2.17 bits per heavy atom. The molecule has 1 saturated carbocycles. The van der Waals surface area contributed by atoms with Gasteiger partial charge in [-0.1, -0.05) is 19.1 Å². The van der Waals surface area contributed by atoms with E-state index in [0.29, 0.717) is 18.4 Å². The molecule has 1 aromatic rings. The first-order chi connectivity index (χ1) is 8.66. The van der Waals surface area contributed by atoms with Crippen molar-refractivity contribution in [3.63, 3.8) is 0 Å². The molecule has 0 unspecified atom stereocenters. The molecule has 0 spiro atoms. The molecule has 1 aliphatic rings. The average molecular weight is 249 g/mol. The van der Waals surface area contributed by atoms with Gasteiger partial charge in [-0.05, 0) is 30.9 Å². The number of rotatable bonds is 6. The summed E-state index contributed by atoms with van der Waals surface area (Å²) in [6.07, 6.45) is 2.46. The number of nitrogens with one attached hydrogen (secondary N) is 1. The van der Waals surface area contributed by atoms with E-state index in [0.717, 1.165) is 12.5 Å². The standard InChI is InChI=1S/C14H19NO3/c1-10-8-11(9-10)15-6-7-18-13-5-3-2-4-12(13)14(16)17/h2-5,10-11,15H,6-9H2,1H3,(H,16,17). The number of para-hydroxylation sites is 1. The molecule has 1 aliphatic carbocycles. The quantitative estimate of drug-likeness (QED) is 0.758. The molecule has 0 aromatic heterocycles. The van der Waals surface area contributed by atoms with E-state index >= 15 is 0 Å². The average Bonchev–Trinajstić information content (AvgIpc) is 2.32. The van der Waals surface area contributed by atoms with E-state index in [-0.39, 0.29) is 5.56 Å². The van der Waals surface area contributed by atoms with Crippen LogP contribution in [-0.4, -0.2) is 30.3 Å². The number of aromatic carboxylic acids is 1. The fourth-order valence-corrected chi connectivity index (χ4v) is 2.26. The summed E-state index contributed by atoms with van der Waals surface area (Å²) in [4.78, 5) is 11.0. The van der Waals surface area contributed by atoms with E-state index in [1.807, 2.05) is 0 Å². The number of benzene rings is 1. The lowest BCUT2D eigenvalue weighted by atomic mass is 9.82. The maximum atomic E-state index is 11.0. The molecule has 4 heteroatoms. The van der Waals surface area contributed by atoms with Crippen LogP contribution in [0.1, 0.15) is 30.1 Å². The van der Waals surface area contributed by atoms with E-state index < -0.39 is 5.97 Å². The SMILES string of the molecule is CC1CC(NCCOc2ccccc2C(=O)O)C1. The molecular formula is C14H19NO3. The Bertz CT molecular complexity index is 413. The van der Waals surface area contributed by atoms with Crippen molar-refractivity contribution < 1.29 is 14.6 Å². The van der Waals surface area contributed by atoms with Crippen molar-refractivity contribution in [1.29, 1.82) is 0 Å². The third-order valence-corrected chi connectivity index (χ3v) is 3.28. The summed E-state index contributed by atoms with van der Waals surface area (Å²) >= 11 is 0. The molecule has 0 bridgehead atoms. The van der Waals surface area contributed by atoms with Crippen molar-refractivity contribution in [1.82, 2.24) is 5.32 Å². The maximum absolute atomic E-state index is 11.0. The first kappa shape index (κ1) is 12.9. The smallest absolute Gasteiger partial charge is 0.339 e. The zero-order chi connectivity index (χ0) is 13.0. The monoisotopic (exact) mass is 249 g/mol. The highest BCUT2D eigenvalue weighted by molar-refractivity contribution is 5.90. The summed E-state index contributed by atoms with van der Waals surface area (Å²) < 4.78 is 5.50. The summed E-state index contributed by atoms with van der Waals surface area (Å²) in [5.41, 5.74) is 0.217. The van der Waals surface area contributed by atoms with Crippen molar-refractivity contribution in [3.05, 3.63) is 29.8 Å². The summed E-state index contributed by atoms with van der Waals surface area (Å²) in [7, 11) is 0. The molecule has 0 aliphatic heterocycles. The van der Waals surface area contributed by atoms with Crippen LogP contribution in [0, 0.1) is 5.92 Å². The van der Waals surface area contributed by atoms with Crippen LogP contribution in [0.15, 0.2) is 24.3 Å². The van der Waals surface area contributed by atoms with E-state index in [9.17, 15) is 4.79 Å². The second kappa shape index (κ2) is 5.87. The highest BCUT2D eigenvalue weighted by Crippen LogP contribution is 2.26. The van der Waals surface area contributed by atoms with Crippen molar-refractivity contribution in [2.45, 2.75) is 25.8 Å². The van der Waals surface area contributed by atoms with Gasteiger partial charge >= 0.3 is 5.97 Å². The van der Waals surface area contributed by atoms with Gasteiger partial charge in [0.1, 0.15) is 17.9 Å². The minimum atomic E-state index is -0.952. The van der Waals surface area contributed by atoms with Crippen LogP contribution in [0.4, 0.5) is 0 Å². The number of carboxylic acid groups (broad SMARTS) is 1. The number of hydrogen-bond acceptors (Lipinski definition) is 3. The predicted molar refractivity (Wildman–Crippen MR) is 69.1 cm³/mol. The number of carboxylic acids is 1. The Morgan fingerprint density at radius 3 is 2.83 bits per heavy atom. The van der Waals surface area contributed by atoms with Crippen molar-refractivity contribution in [2.75, 3.05) is 13.2 Å². The van der Waals surface area contributed by atoms with Gasteiger partial charge in [0.05, 0.1) is 0 Å². The van der Waals surface area contributed by atoms with Crippen LogP contribution in [0.2, 0.25) is 0 Å². The van der Waals surface area contributed by atoms with Gasteiger partial charge in [0, 0.05) is 12.6 Å². The minimum Gasteiger partial charge on any atom is -0.491 e. The number of carbonyl (C=O) groups is 1. The first-order valence-electron chi connectivity index (χ1n) is 6.35. The molecule has 2 rings (SSSR count). The van der Waals surface area contributed by atoms with E-state index in [1.54, 1.807) is 24.3 Å². The molecule has 1 fully saturated rings. The van der Waals surface area contributed by atoms with Crippen LogP contribution in [0.3, 0.4) is 0 Å². The topological polar surface area (TPSA) is 58.6 Å². The highest BCUT2D eigenvalue weighted by Gasteiger charge is 2.24. The predicted octanol–water partition coefficient (Wildman–Crippen LogP) is 2.15. The molecule has 0 radical (unpaired) electrons. The summed E-state index contributed by atoms with van der Waals surface area (Å²) in [6.45, 7) is 3.50. The van der Waals surface area contributed by atoms with Gasteiger partial charge in [0.15, 0.2) is 0 Å². The molecule has 18 heavy (non-hydrogen) atoms. The molecule has 2 N–H and O–H groups in total. The van der Waals surface area contributed by atoms with E-state index in [2.05, 4.69) is 12.2 Å². The van der Waals surface area contributed by atoms with Crippen molar-refractivity contribution >= 4 is 5.97 Å². The highest BCUT2D eigenvalue weighted by atomic mass is 16.5. The Kier molecular flexibility index (Phi) is 4.20. The lowest BCUT2D eigenvalue weighted by Crippen LogP contribution is -2.41. The Morgan fingerprint density at radius 1 is 1.44 bits per heavy atom. The Balaban J connectivity index is 1.74. The van der Waals surface area contributed by atoms with Gasteiger partial charge in [0.25, 0.3) is 0 Å². The Labute approximate surface area is 107 Å². The number of hydrogen-bond donors (Lipinski definition) is 2. The molecule has 0 saturated heterocycles. The van der Waals surface area contributed by atoms with Gasteiger partial charge in [-0.2, -0.15) is 0 Å². The third kappa shape index (κ3) is 3.23. The van der Waals surface area contributed by atoms with Gasteiger partial charge in [0.2, 0.25) is 0 Å². The molecule has 4 nitrogen and oxygen atoms in total.